The largest absolute Gasteiger partial charge is 0.385 e. The molecule has 2 nitrogen and oxygen atoms in total. The number of hydrogen-bond acceptors (Lipinski definition) is 1. The molecule has 1 rings (SSSR count). The third kappa shape index (κ3) is 3.64. The lowest BCUT2D eigenvalue weighted by molar-refractivity contribution is 0.142. The van der Waals surface area contributed by atoms with Crippen molar-refractivity contribution in [1.82, 2.24) is 4.57 Å². The number of aromatic nitrogens is 1. The van der Waals surface area contributed by atoms with Crippen molar-refractivity contribution in [2.45, 2.75) is 26.8 Å². The van der Waals surface area contributed by atoms with Gasteiger partial charge in [0.05, 0.1) is 0 Å². The quantitative estimate of drug-likeness (QED) is 0.681. The van der Waals surface area contributed by atoms with Crippen LogP contribution in [0.3, 0.4) is 0 Å². The second kappa shape index (κ2) is 4.47. The molecule has 0 unspecified atom stereocenters. The minimum Gasteiger partial charge on any atom is -0.385 e. The van der Waals surface area contributed by atoms with E-state index >= 15 is 0 Å². The highest BCUT2D eigenvalue weighted by Crippen LogP contribution is 2.22. The number of hydrogen-bond donors (Lipinski definition) is 0. The number of nitrogens with zero attached hydrogens (tertiary/aromatic N) is 1. The summed E-state index contributed by atoms with van der Waals surface area (Å²) in [6.45, 7) is 6.44. The molecule has 0 spiro atoms. The molecule has 2 heteroatoms. The summed E-state index contributed by atoms with van der Waals surface area (Å²) in [5.74, 6) is 0. The standard InChI is InChI=1S/C11H19NO/c1-11(2,6-9-13-3)10-12-7-4-5-8-12/h4-5,7-8H,6,9-10H2,1-3H3. The van der Waals surface area contributed by atoms with Crippen molar-refractivity contribution >= 4 is 0 Å². The molecule has 0 fully saturated rings. The van der Waals surface area contributed by atoms with E-state index in [1.807, 2.05) is 0 Å². The summed E-state index contributed by atoms with van der Waals surface area (Å²) < 4.78 is 7.31. The van der Waals surface area contributed by atoms with Gasteiger partial charge in [-0.2, -0.15) is 0 Å². The van der Waals surface area contributed by atoms with Crippen molar-refractivity contribution < 1.29 is 4.74 Å². The normalized spacial score (nSPS) is 11.9. The molecule has 0 saturated heterocycles. The maximum atomic E-state index is 5.09. The minimum atomic E-state index is 0.315. The third-order valence-corrected chi connectivity index (χ3v) is 2.26. The van der Waals surface area contributed by atoms with Gasteiger partial charge in [-0.05, 0) is 24.0 Å². The van der Waals surface area contributed by atoms with Gasteiger partial charge in [-0.25, -0.2) is 0 Å². The second-order valence-electron chi connectivity index (χ2n) is 4.26. The van der Waals surface area contributed by atoms with Gasteiger partial charge in [0.1, 0.15) is 0 Å². The van der Waals surface area contributed by atoms with Crippen LogP contribution in [0.4, 0.5) is 0 Å². The fourth-order valence-corrected chi connectivity index (χ4v) is 1.43. The lowest BCUT2D eigenvalue weighted by Gasteiger charge is -2.24. The zero-order chi connectivity index (χ0) is 9.73. The van der Waals surface area contributed by atoms with Gasteiger partial charge in [0.25, 0.3) is 0 Å². The van der Waals surface area contributed by atoms with E-state index in [1.165, 1.54) is 0 Å². The van der Waals surface area contributed by atoms with Crippen LogP contribution in [0.25, 0.3) is 0 Å². The zero-order valence-electron chi connectivity index (χ0n) is 8.79. The van der Waals surface area contributed by atoms with Gasteiger partial charge in [0, 0.05) is 32.7 Å². The Hall–Kier alpha value is -0.760. The van der Waals surface area contributed by atoms with Crippen LogP contribution in [0, 0.1) is 5.41 Å². The van der Waals surface area contributed by atoms with Crippen LogP contribution in [0.2, 0.25) is 0 Å². The maximum absolute atomic E-state index is 5.09. The molecule has 0 aliphatic rings. The van der Waals surface area contributed by atoms with Gasteiger partial charge in [-0.3, -0.25) is 0 Å². The molecule has 1 heterocycles. The Kier molecular flexibility index (Phi) is 3.55. The topological polar surface area (TPSA) is 14.2 Å². The molecule has 0 saturated carbocycles. The van der Waals surface area contributed by atoms with Crippen molar-refractivity contribution in [2.24, 2.45) is 5.41 Å². The van der Waals surface area contributed by atoms with Crippen LogP contribution in [0.15, 0.2) is 24.5 Å². The summed E-state index contributed by atoms with van der Waals surface area (Å²) in [7, 11) is 1.76. The van der Waals surface area contributed by atoms with E-state index in [1.54, 1.807) is 7.11 Å². The Bertz CT molecular complexity index is 226. The van der Waals surface area contributed by atoms with E-state index in [9.17, 15) is 0 Å². The van der Waals surface area contributed by atoms with E-state index in [2.05, 4.69) is 42.9 Å². The van der Waals surface area contributed by atoms with Crippen molar-refractivity contribution in [3.05, 3.63) is 24.5 Å². The van der Waals surface area contributed by atoms with E-state index in [0.717, 1.165) is 19.6 Å². The first-order valence-electron chi connectivity index (χ1n) is 4.74. The molecule has 0 amide bonds. The van der Waals surface area contributed by atoms with Crippen molar-refractivity contribution in [2.75, 3.05) is 13.7 Å². The number of methoxy groups -OCH3 is 1. The fourth-order valence-electron chi connectivity index (χ4n) is 1.43. The molecular formula is C11H19NO. The minimum absolute atomic E-state index is 0.315. The molecule has 0 N–H and O–H groups in total. The predicted octanol–water partition coefficient (Wildman–Crippen LogP) is 2.55. The van der Waals surface area contributed by atoms with Gasteiger partial charge in [0.2, 0.25) is 0 Å². The van der Waals surface area contributed by atoms with Gasteiger partial charge in [-0.15, -0.1) is 0 Å². The molecule has 74 valence electrons. The van der Waals surface area contributed by atoms with E-state index in [4.69, 9.17) is 4.74 Å². The molecule has 1 aromatic rings. The first-order chi connectivity index (χ1) is 6.14. The average molecular weight is 181 g/mol. The number of rotatable bonds is 5. The molecule has 0 aromatic carbocycles. The zero-order valence-corrected chi connectivity index (χ0v) is 8.79. The summed E-state index contributed by atoms with van der Waals surface area (Å²) in [5.41, 5.74) is 0.315. The van der Waals surface area contributed by atoms with Crippen molar-refractivity contribution in [1.29, 1.82) is 0 Å². The number of ether oxygens (including phenoxy) is 1. The summed E-state index contributed by atoms with van der Waals surface area (Å²) in [6, 6.07) is 4.12. The van der Waals surface area contributed by atoms with Crippen LogP contribution in [-0.4, -0.2) is 18.3 Å². The molecule has 0 radical (unpaired) electrons. The van der Waals surface area contributed by atoms with Gasteiger partial charge in [0.15, 0.2) is 0 Å². The molecule has 0 bridgehead atoms. The summed E-state index contributed by atoms with van der Waals surface area (Å²) >= 11 is 0. The van der Waals surface area contributed by atoms with Crippen molar-refractivity contribution in [3.8, 4) is 0 Å². The first kappa shape index (κ1) is 10.3. The third-order valence-electron chi connectivity index (χ3n) is 2.26. The summed E-state index contributed by atoms with van der Waals surface area (Å²) in [6.07, 6.45) is 5.31. The van der Waals surface area contributed by atoms with Gasteiger partial charge < -0.3 is 9.30 Å². The Balaban J connectivity index is 2.42. The van der Waals surface area contributed by atoms with Crippen molar-refractivity contribution in [3.63, 3.8) is 0 Å². The monoisotopic (exact) mass is 181 g/mol. The highest BCUT2D eigenvalue weighted by molar-refractivity contribution is 4.91. The van der Waals surface area contributed by atoms with Crippen LogP contribution in [-0.2, 0) is 11.3 Å². The SMILES string of the molecule is COCCC(C)(C)Cn1cccc1. The summed E-state index contributed by atoms with van der Waals surface area (Å²) in [4.78, 5) is 0. The average Bonchev–Trinajstić information content (AvgIpc) is 2.52. The molecule has 0 aliphatic carbocycles. The van der Waals surface area contributed by atoms with Gasteiger partial charge in [-0.1, -0.05) is 13.8 Å². The second-order valence-corrected chi connectivity index (χ2v) is 4.26. The lowest BCUT2D eigenvalue weighted by Crippen LogP contribution is -2.20. The van der Waals surface area contributed by atoms with Crippen LogP contribution < -0.4 is 0 Å². The Labute approximate surface area is 80.5 Å². The Morgan fingerprint density at radius 3 is 2.38 bits per heavy atom. The molecule has 1 aromatic heterocycles. The first-order valence-corrected chi connectivity index (χ1v) is 4.74. The van der Waals surface area contributed by atoms with Crippen LogP contribution >= 0.6 is 0 Å². The van der Waals surface area contributed by atoms with E-state index < -0.39 is 0 Å². The highest BCUT2D eigenvalue weighted by Gasteiger charge is 2.17. The lowest BCUT2D eigenvalue weighted by atomic mass is 9.90. The fraction of sp³-hybridized carbons (Fsp3) is 0.636. The van der Waals surface area contributed by atoms with Crippen LogP contribution in [0.1, 0.15) is 20.3 Å². The molecule has 0 aliphatic heterocycles. The van der Waals surface area contributed by atoms with E-state index in [0.29, 0.717) is 5.41 Å². The summed E-state index contributed by atoms with van der Waals surface area (Å²) in [5, 5.41) is 0. The molecule has 13 heavy (non-hydrogen) atoms. The molecule has 0 atom stereocenters. The predicted molar refractivity (Wildman–Crippen MR) is 54.7 cm³/mol. The molecular weight excluding hydrogens is 162 g/mol. The van der Waals surface area contributed by atoms with Crippen LogP contribution in [0.5, 0.6) is 0 Å². The maximum Gasteiger partial charge on any atom is 0.0468 e. The van der Waals surface area contributed by atoms with Gasteiger partial charge >= 0.3 is 0 Å². The Morgan fingerprint density at radius 2 is 1.85 bits per heavy atom. The highest BCUT2D eigenvalue weighted by atomic mass is 16.5. The smallest absolute Gasteiger partial charge is 0.0468 e. The van der Waals surface area contributed by atoms with E-state index in [-0.39, 0.29) is 0 Å². The Morgan fingerprint density at radius 1 is 1.23 bits per heavy atom.